The summed E-state index contributed by atoms with van der Waals surface area (Å²) in [5, 5.41) is 33.4. The second-order valence-corrected chi connectivity index (χ2v) is 7.59. The number of carbonyl (C=O) groups excluding carboxylic acids is 3. The number of nitrogens with two attached hydrogens (primary N) is 1. The maximum atomic E-state index is 12.4. The monoisotopic (exact) mass is 464 g/mol. The molecule has 0 rings (SSSR count). The first-order valence-corrected chi connectivity index (χ1v) is 10.6. The van der Waals surface area contributed by atoms with Crippen LogP contribution in [0.1, 0.15) is 32.6 Å². The number of hydrogen-bond acceptors (Lipinski definition) is 8. The molecule has 0 aromatic carbocycles. The number of carboxylic acid groups (broad SMARTS) is 3. The van der Waals surface area contributed by atoms with E-state index in [1.54, 1.807) is 6.26 Å². The highest BCUT2D eigenvalue weighted by Crippen LogP contribution is 2.03. The van der Waals surface area contributed by atoms with Gasteiger partial charge in [-0.2, -0.15) is 11.8 Å². The van der Waals surface area contributed by atoms with E-state index in [1.807, 2.05) is 0 Å². The van der Waals surface area contributed by atoms with E-state index >= 15 is 0 Å². The highest BCUT2D eigenvalue weighted by atomic mass is 32.2. The summed E-state index contributed by atoms with van der Waals surface area (Å²) in [5.41, 5.74) is 5.54. The first kappa shape index (κ1) is 28.1. The van der Waals surface area contributed by atoms with Crippen LogP contribution in [-0.2, 0) is 28.8 Å². The molecule has 4 atom stereocenters. The standard InChI is InChI=1S/C17H28N4O9S/c1-8(14(26)20-10(17(29)30)5-6-31-2)19-16(28)11(7-13(24)25)21-15(27)9(18)3-4-12(22)23/h8-11H,3-7,18H2,1-2H3,(H,19,28)(H,20,26)(H,21,27)(H,22,23)(H,24,25)(H,29,30). The summed E-state index contributed by atoms with van der Waals surface area (Å²) >= 11 is 1.39. The van der Waals surface area contributed by atoms with Crippen LogP contribution in [0.3, 0.4) is 0 Å². The van der Waals surface area contributed by atoms with Crippen LogP contribution in [0.4, 0.5) is 0 Å². The van der Waals surface area contributed by atoms with Crippen molar-refractivity contribution in [3.63, 3.8) is 0 Å². The van der Waals surface area contributed by atoms with Crippen LogP contribution < -0.4 is 21.7 Å². The quantitative estimate of drug-likeness (QED) is 0.140. The van der Waals surface area contributed by atoms with Crippen LogP contribution in [0.25, 0.3) is 0 Å². The molecule has 0 saturated carbocycles. The minimum absolute atomic E-state index is 0.162. The smallest absolute Gasteiger partial charge is 0.326 e. The van der Waals surface area contributed by atoms with Gasteiger partial charge in [0.2, 0.25) is 17.7 Å². The number of thioether (sulfide) groups is 1. The minimum atomic E-state index is -1.58. The molecule has 13 nitrogen and oxygen atoms in total. The maximum absolute atomic E-state index is 12.4. The molecule has 0 aliphatic heterocycles. The average Bonchev–Trinajstić information content (AvgIpc) is 2.67. The Morgan fingerprint density at radius 3 is 1.90 bits per heavy atom. The lowest BCUT2D eigenvalue weighted by atomic mass is 10.1. The molecule has 0 fully saturated rings. The van der Waals surface area contributed by atoms with E-state index in [0.29, 0.717) is 5.75 Å². The lowest BCUT2D eigenvalue weighted by Gasteiger charge is -2.22. The van der Waals surface area contributed by atoms with Gasteiger partial charge in [-0.05, 0) is 31.8 Å². The topological polar surface area (TPSA) is 225 Å². The molecule has 176 valence electrons. The number of nitrogens with one attached hydrogen (secondary N) is 3. The van der Waals surface area contributed by atoms with Gasteiger partial charge in [0.05, 0.1) is 12.5 Å². The zero-order valence-electron chi connectivity index (χ0n) is 17.1. The van der Waals surface area contributed by atoms with Crippen LogP contribution in [0.15, 0.2) is 0 Å². The van der Waals surface area contributed by atoms with Gasteiger partial charge in [0.1, 0.15) is 18.1 Å². The van der Waals surface area contributed by atoms with Crippen molar-refractivity contribution in [3.05, 3.63) is 0 Å². The SMILES string of the molecule is CSCCC(NC(=O)C(C)NC(=O)C(CC(=O)O)NC(=O)C(N)CCC(=O)O)C(=O)O. The largest absolute Gasteiger partial charge is 0.481 e. The Morgan fingerprint density at radius 1 is 0.839 bits per heavy atom. The van der Waals surface area contributed by atoms with Gasteiger partial charge in [-0.25, -0.2) is 4.79 Å². The number of amides is 3. The first-order valence-electron chi connectivity index (χ1n) is 9.21. The van der Waals surface area contributed by atoms with E-state index in [1.165, 1.54) is 18.7 Å². The Kier molecular flexibility index (Phi) is 12.9. The number of rotatable bonds is 15. The van der Waals surface area contributed by atoms with E-state index in [2.05, 4.69) is 16.0 Å². The zero-order valence-corrected chi connectivity index (χ0v) is 17.9. The molecule has 0 aromatic heterocycles. The maximum Gasteiger partial charge on any atom is 0.326 e. The molecule has 31 heavy (non-hydrogen) atoms. The van der Waals surface area contributed by atoms with Gasteiger partial charge in [0.25, 0.3) is 0 Å². The Balaban J connectivity index is 5.03. The summed E-state index contributed by atoms with van der Waals surface area (Å²) in [6, 6.07) is -5.25. The van der Waals surface area contributed by atoms with Crippen molar-refractivity contribution in [2.75, 3.05) is 12.0 Å². The number of hydrogen-bond donors (Lipinski definition) is 7. The third kappa shape index (κ3) is 11.8. The van der Waals surface area contributed by atoms with Gasteiger partial charge in [-0.3, -0.25) is 24.0 Å². The Labute approximate surface area is 182 Å². The van der Waals surface area contributed by atoms with Crippen molar-refractivity contribution < 1.29 is 44.1 Å². The first-order chi connectivity index (χ1) is 14.4. The number of carbonyl (C=O) groups is 6. The van der Waals surface area contributed by atoms with E-state index in [-0.39, 0.29) is 12.8 Å². The van der Waals surface area contributed by atoms with Crippen LogP contribution >= 0.6 is 11.8 Å². The molecule has 0 saturated heterocycles. The van der Waals surface area contributed by atoms with Crippen molar-refractivity contribution in [1.29, 1.82) is 0 Å². The van der Waals surface area contributed by atoms with Gasteiger partial charge in [-0.15, -0.1) is 0 Å². The molecule has 0 heterocycles. The average molecular weight is 464 g/mol. The van der Waals surface area contributed by atoms with E-state index < -0.39 is 72.6 Å². The Morgan fingerprint density at radius 2 is 1.42 bits per heavy atom. The summed E-state index contributed by atoms with van der Waals surface area (Å²) in [5.74, 6) is -6.10. The fraction of sp³-hybridized carbons (Fsp3) is 0.647. The van der Waals surface area contributed by atoms with Crippen molar-refractivity contribution in [3.8, 4) is 0 Å². The second kappa shape index (κ2) is 14.2. The van der Waals surface area contributed by atoms with Crippen molar-refractivity contribution in [1.82, 2.24) is 16.0 Å². The van der Waals surface area contributed by atoms with Crippen LogP contribution in [0, 0.1) is 0 Å². The van der Waals surface area contributed by atoms with Gasteiger partial charge in [0, 0.05) is 6.42 Å². The van der Waals surface area contributed by atoms with E-state index in [4.69, 9.17) is 21.1 Å². The van der Waals surface area contributed by atoms with Crippen molar-refractivity contribution in [2.45, 2.75) is 56.8 Å². The van der Waals surface area contributed by atoms with Gasteiger partial charge in [-0.1, -0.05) is 0 Å². The summed E-state index contributed by atoms with van der Waals surface area (Å²) in [7, 11) is 0. The van der Waals surface area contributed by atoms with Crippen molar-refractivity contribution in [2.24, 2.45) is 5.73 Å². The van der Waals surface area contributed by atoms with Gasteiger partial charge < -0.3 is 37.0 Å². The highest BCUT2D eigenvalue weighted by molar-refractivity contribution is 7.98. The molecule has 3 amide bonds. The summed E-state index contributed by atoms with van der Waals surface area (Å²) in [6.07, 6.45) is 0.489. The Bertz CT molecular complexity index is 689. The van der Waals surface area contributed by atoms with E-state index in [9.17, 15) is 28.8 Å². The zero-order chi connectivity index (χ0) is 24.1. The molecule has 0 bridgehead atoms. The molecule has 0 aromatic rings. The summed E-state index contributed by atoms with van der Waals surface area (Å²) < 4.78 is 0. The van der Waals surface area contributed by atoms with Gasteiger partial charge in [0.15, 0.2) is 0 Å². The van der Waals surface area contributed by atoms with Crippen LogP contribution in [-0.4, -0.2) is 87.1 Å². The number of carboxylic acids is 3. The highest BCUT2D eigenvalue weighted by Gasteiger charge is 2.29. The van der Waals surface area contributed by atoms with Crippen LogP contribution in [0.5, 0.6) is 0 Å². The molecule has 0 radical (unpaired) electrons. The molecular weight excluding hydrogens is 436 g/mol. The van der Waals surface area contributed by atoms with Gasteiger partial charge >= 0.3 is 17.9 Å². The Hall–Kier alpha value is -2.87. The fourth-order valence-corrected chi connectivity index (χ4v) is 2.71. The fourth-order valence-electron chi connectivity index (χ4n) is 2.24. The lowest BCUT2D eigenvalue weighted by Crippen LogP contribution is -2.56. The molecule has 14 heteroatoms. The summed E-state index contributed by atoms with van der Waals surface area (Å²) in [6.45, 7) is 1.26. The molecule has 0 aliphatic rings. The summed E-state index contributed by atoms with van der Waals surface area (Å²) in [4.78, 5) is 69.5. The van der Waals surface area contributed by atoms with Crippen LogP contribution in [0.2, 0.25) is 0 Å². The second-order valence-electron chi connectivity index (χ2n) is 6.61. The normalized spacial score (nSPS) is 14.4. The lowest BCUT2D eigenvalue weighted by molar-refractivity contribution is -0.143. The molecule has 0 aliphatic carbocycles. The minimum Gasteiger partial charge on any atom is -0.481 e. The third-order valence-electron chi connectivity index (χ3n) is 3.99. The molecule has 8 N–H and O–H groups in total. The molecule has 4 unspecified atom stereocenters. The third-order valence-corrected chi connectivity index (χ3v) is 4.64. The molecular formula is C17H28N4O9S. The predicted molar refractivity (Wildman–Crippen MR) is 109 cm³/mol. The number of aliphatic carboxylic acids is 3. The molecule has 0 spiro atoms. The van der Waals surface area contributed by atoms with Crippen molar-refractivity contribution >= 4 is 47.4 Å². The van der Waals surface area contributed by atoms with E-state index in [0.717, 1.165) is 0 Å². The predicted octanol–water partition coefficient (Wildman–Crippen LogP) is -2.03.